The van der Waals surface area contributed by atoms with Gasteiger partial charge in [-0.3, -0.25) is 0 Å². The number of aliphatic hydroxyl groups excluding tert-OH is 1. The van der Waals surface area contributed by atoms with Crippen LogP contribution in [0.2, 0.25) is 0 Å². The Morgan fingerprint density at radius 2 is 1.92 bits per heavy atom. The molecule has 72 valence electrons. The number of rotatable bonds is 4. The second-order valence-electron chi connectivity index (χ2n) is 3.30. The Hall–Kier alpha value is -0.470. The highest BCUT2D eigenvalue weighted by molar-refractivity contribution is 7.99. The molecule has 0 bridgehead atoms. The van der Waals surface area contributed by atoms with Crippen LogP contribution in [0.5, 0.6) is 0 Å². The fraction of sp³-hybridized carbons (Fsp3) is 0.455. The van der Waals surface area contributed by atoms with Crippen molar-refractivity contribution in [3.8, 4) is 0 Å². The van der Waals surface area contributed by atoms with Crippen LogP contribution in [0.1, 0.15) is 18.9 Å². The maximum atomic E-state index is 9.06. The average Bonchev–Trinajstić information content (AvgIpc) is 2.08. The average molecular weight is 196 g/mol. The summed E-state index contributed by atoms with van der Waals surface area (Å²) in [6.45, 7) is 3.92. The summed E-state index contributed by atoms with van der Waals surface area (Å²) in [7, 11) is 0. The molecular weight excluding hydrogens is 180 g/mol. The molecule has 13 heavy (non-hydrogen) atoms. The van der Waals surface area contributed by atoms with E-state index in [-0.39, 0.29) is 6.10 Å². The Labute approximate surface area is 84.2 Å². The Bertz CT molecular complexity index is 241. The first-order valence-corrected chi connectivity index (χ1v) is 5.54. The second-order valence-corrected chi connectivity index (χ2v) is 4.47. The second kappa shape index (κ2) is 5.30. The van der Waals surface area contributed by atoms with Gasteiger partial charge in [0.05, 0.1) is 6.10 Å². The molecule has 0 aliphatic carbocycles. The molecule has 1 atom stereocenters. The minimum absolute atomic E-state index is 0.182. The van der Waals surface area contributed by atoms with Gasteiger partial charge in [-0.1, -0.05) is 17.7 Å². The monoisotopic (exact) mass is 196 g/mol. The summed E-state index contributed by atoms with van der Waals surface area (Å²) in [4.78, 5) is 1.28. The van der Waals surface area contributed by atoms with Crippen LogP contribution in [0, 0.1) is 6.92 Å². The normalized spacial score (nSPS) is 12.8. The van der Waals surface area contributed by atoms with Crippen molar-refractivity contribution in [2.45, 2.75) is 31.3 Å². The minimum Gasteiger partial charge on any atom is -0.393 e. The number of benzene rings is 1. The van der Waals surface area contributed by atoms with Gasteiger partial charge >= 0.3 is 0 Å². The number of hydrogen-bond donors (Lipinski definition) is 1. The van der Waals surface area contributed by atoms with Gasteiger partial charge in [-0.05, 0) is 32.4 Å². The highest BCUT2D eigenvalue weighted by atomic mass is 32.2. The van der Waals surface area contributed by atoms with E-state index in [4.69, 9.17) is 5.11 Å². The van der Waals surface area contributed by atoms with Gasteiger partial charge < -0.3 is 5.11 Å². The Morgan fingerprint density at radius 1 is 1.31 bits per heavy atom. The summed E-state index contributed by atoms with van der Waals surface area (Å²) < 4.78 is 0. The molecule has 0 heterocycles. The lowest BCUT2D eigenvalue weighted by molar-refractivity contribution is 0.192. The first-order valence-electron chi connectivity index (χ1n) is 4.56. The van der Waals surface area contributed by atoms with Crippen LogP contribution in [0.4, 0.5) is 0 Å². The summed E-state index contributed by atoms with van der Waals surface area (Å²) in [5, 5.41) is 9.06. The van der Waals surface area contributed by atoms with Crippen molar-refractivity contribution in [3.63, 3.8) is 0 Å². The molecule has 0 aliphatic rings. The van der Waals surface area contributed by atoms with Crippen LogP contribution in [-0.2, 0) is 0 Å². The third-order valence-electron chi connectivity index (χ3n) is 1.83. The van der Waals surface area contributed by atoms with Gasteiger partial charge in [0, 0.05) is 10.6 Å². The Kier molecular flexibility index (Phi) is 4.33. The highest BCUT2D eigenvalue weighted by Crippen LogP contribution is 2.19. The summed E-state index contributed by atoms with van der Waals surface area (Å²) in [5.41, 5.74) is 1.29. The fourth-order valence-electron chi connectivity index (χ4n) is 0.982. The highest BCUT2D eigenvalue weighted by Gasteiger charge is 1.97. The van der Waals surface area contributed by atoms with E-state index in [0.717, 1.165) is 12.2 Å². The maximum Gasteiger partial charge on any atom is 0.0520 e. The van der Waals surface area contributed by atoms with E-state index in [1.165, 1.54) is 10.5 Å². The van der Waals surface area contributed by atoms with Crippen LogP contribution in [0.15, 0.2) is 29.2 Å². The van der Waals surface area contributed by atoms with Crippen LogP contribution >= 0.6 is 11.8 Å². The van der Waals surface area contributed by atoms with Gasteiger partial charge in [0.15, 0.2) is 0 Å². The topological polar surface area (TPSA) is 20.2 Å². The van der Waals surface area contributed by atoms with Crippen LogP contribution in [-0.4, -0.2) is 17.0 Å². The van der Waals surface area contributed by atoms with E-state index in [0.29, 0.717) is 0 Å². The number of thioether (sulfide) groups is 1. The molecular formula is C11H16OS. The Morgan fingerprint density at radius 3 is 2.46 bits per heavy atom. The van der Waals surface area contributed by atoms with Gasteiger partial charge in [0.2, 0.25) is 0 Å². The third-order valence-corrected chi connectivity index (χ3v) is 2.87. The third kappa shape index (κ3) is 4.34. The smallest absolute Gasteiger partial charge is 0.0520 e. The lowest BCUT2D eigenvalue weighted by atomic mass is 10.2. The first kappa shape index (κ1) is 10.6. The summed E-state index contributed by atoms with van der Waals surface area (Å²) in [6, 6.07) is 8.49. The zero-order valence-corrected chi connectivity index (χ0v) is 8.97. The minimum atomic E-state index is -0.182. The van der Waals surface area contributed by atoms with Gasteiger partial charge in [-0.25, -0.2) is 0 Å². The quantitative estimate of drug-likeness (QED) is 0.747. The molecule has 0 radical (unpaired) electrons. The standard InChI is InChI=1S/C11H16OS/c1-9-3-5-11(6-4-9)13-8-7-10(2)12/h3-6,10,12H,7-8H2,1-2H3/t10-/m1/s1. The molecule has 0 aliphatic heterocycles. The first-order chi connectivity index (χ1) is 6.18. The van der Waals surface area contributed by atoms with Crippen molar-refractivity contribution in [1.82, 2.24) is 0 Å². The van der Waals surface area contributed by atoms with Crippen LogP contribution in [0.25, 0.3) is 0 Å². The van der Waals surface area contributed by atoms with Crippen molar-refractivity contribution >= 4 is 11.8 Å². The van der Waals surface area contributed by atoms with Crippen molar-refractivity contribution < 1.29 is 5.11 Å². The number of hydrogen-bond acceptors (Lipinski definition) is 2. The molecule has 1 nitrogen and oxygen atoms in total. The van der Waals surface area contributed by atoms with Crippen molar-refractivity contribution in [2.75, 3.05) is 5.75 Å². The van der Waals surface area contributed by atoms with Crippen LogP contribution < -0.4 is 0 Å². The largest absolute Gasteiger partial charge is 0.393 e. The predicted molar refractivity (Wildman–Crippen MR) is 58.2 cm³/mol. The van der Waals surface area contributed by atoms with Crippen molar-refractivity contribution in [3.05, 3.63) is 29.8 Å². The number of aliphatic hydroxyl groups is 1. The Balaban J connectivity index is 2.33. The molecule has 1 N–H and O–H groups in total. The summed E-state index contributed by atoms with van der Waals surface area (Å²) in [6.07, 6.45) is 0.677. The molecule has 2 heteroatoms. The van der Waals surface area contributed by atoms with Gasteiger partial charge in [0.1, 0.15) is 0 Å². The van der Waals surface area contributed by atoms with E-state index in [1.807, 2.05) is 6.92 Å². The van der Waals surface area contributed by atoms with Gasteiger partial charge in [0.25, 0.3) is 0 Å². The van der Waals surface area contributed by atoms with Crippen molar-refractivity contribution in [1.29, 1.82) is 0 Å². The molecule has 0 saturated carbocycles. The molecule has 0 saturated heterocycles. The summed E-state index contributed by atoms with van der Waals surface area (Å²) in [5.74, 6) is 0.987. The molecule has 0 aromatic heterocycles. The van der Waals surface area contributed by atoms with Gasteiger partial charge in [-0.2, -0.15) is 0 Å². The lowest BCUT2D eigenvalue weighted by Crippen LogP contribution is -2.00. The van der Waals surface area contributed by atoms with Gasteiger partial charge in [-0.15, -0.1) is 11.8 Å². The van der Waals surface area contributed by atoms with E-state index in [9.17, 15) is 0 Å². The molecule has 1 aromatic carbocycles. The zero-order valence-electron chi connectivity index (χ0n) is 8.16. The molecule has 0 spiro atoms. The molecule has 0 amide bonds. The SMILES string of the molecule is Cc1ccc(SCC[C@@H](C)O)cc1. The fourth-order valence-corrected chi connectivity index (χ4v) is 2.01. The van der Waals surface area contributed by atoms with Crippen molar-refractivity contribution in [2.24, 2.45) is 0 Å². The van der Waals surface area contributed by atoms with E-state index >= 15 is 0 Å². The van der Waals surface area contributed by atoms with Crippen LogP contribution in [0.3, 0.4) is 0 Å². The predicted octanol–water partition coefficient (Wildman–Crippen LogP) is 2.86. The molecule has 0 fully saturated rings. The van der Waals surface area contributed by atoms with E-state index in [1.54, 1.807) is 11.8 Å². The maximum absolute atomic E-state index is 9.06. The van der Waals surface area contributed by atoms with E-state index in [2.05, 4.69) is 31.2 Å². The number of aryl methyl sites for hydroxylation is 1. The zero-order chi connectivity index (χ0) is 9.68. The van der Waals surface area contributed by atoms with E-state index < -0.39 is 0 Å². The molecule has 1 aromatic rings. The molecule has 1 rings (SSSR count). The lowest BCUT2D eigenvalue weighted by Gasteiger charge is -2.03. The molecule has 0 unspecified atom stereocenters. The summed E-state index contributed by atoms with van der Waals surface area (Å²) >= 11 is 1.80.